The lowest BCUT2D eigenvalue weighted by atomic mass is 9.92. The standard InChI is InChI=1S/C18H26N4/c1-3-21-8-9-22-17-7-5-14(10-16(17)20-18(22)12-21)15-6-4-13(2)11-19-15/h5,7,10,13,15,19H,3-4,6,8-9,11-12H2,1-2H3/t13-,15?/m0/s1. The topological polar surface area (TPSA) is 33.1 Å². The summed E-state index contributed by atoms with van der Waals surface area (Å²) >= 11 is 0. The minimum absolute atomic E-state index is 0.506. The van der Waals surface area contributed by atoms with E-state index in [0.717, 1.165) is 38.6 Å². The number of fused-ring (bicyclic) bond motifs is 3. The third-order valence-corrected chi connectivity index (χ3v) is 5.37. The van der Waals surface area contributed by atoms with E-state index < -0.39 is 0 Å². The van der Waals surface area contributed by atoms with E-state index in [1.807, 2.05) is 0 Å². The summed E-state index contributed by atoms with van der Waals surface area (Å²) in [4.78, 5) is 7.38. The summed E-state index contributed by atoms with van der Waals surface area (Å²) in [6, 6.07) is 7.40. The molecule has 4 rings (SSSR count). The molecule has 1 saturated heterocycles. The molecule has 0 amide bonds. The second-order valence-electron chi connectivity index (χ2n) is 6.94. The van der Waals surface area contributed by atoms with Gasteiger partial charge < -0.3 is 9.88 Å². The molecular weight excluding hydrogens is 272 g/mol. The molecule has 0 aliphatic carbocycles. The second-order valence-corrected chi connectivity index (χ2v) is 6.94. The summed E-state index contributed by atoms with van der Waals surface area (Å²) in [5, 5.41) is 3.68. The fourth-order valence-electron chi connectivity index (χ4n) is 3.86. The zero-order chi connectivity index (χ0) is 15.1. The highest BCUT2D eigenvalue weighted by atomic mass is 15.2. The average molecular weight is 298 g/mol. The predicted octanol–water partition coefficient (Wildman–Crippen LogP) is 2.93. The number of nitrogens with one attached hydrogen (secondary N) is 1. The van der Waals surface area contributed by atoms with E-state index in [2.05, 4.69) is 46.8 Å². The Balaban J connectivity index is 1.64. The van der Waals surface area contributed by atoms with Crippen LogP contribution in [-0.4, -0.2) is 34.1 Å². The van der Waals surface area contributed by atoms with E-state index in [4.69, 9.17) is 4.98 Å². The van der Waals surface area contributed by atoms with Gasteiger partial charge in [0.2, 0.25) is 0 Å². The normalized spacial score (nSPS) is 26.3. The van der Waals surface area contributed by atoms with Crippen molar-refractivity contribution >= 4 is 11.0 Å². The first kappa shape index (κ1) is 14.2. The van der Waals surface area contributed by atoms with Gasteiger partial charge in [-0.2, -0.15) is 0 Å². The summed E-state index contributed by atoms with van der Waals surface area (Å²) in [6.45, 7) is 9.99. The molecule has 2 atom stereocenters. The molecule has 1 N–H and O–H groups in total. The quantitative estimate of drug-likeness (QED) is 0.925. The molecule has 1 unspecified atom stereocenters. The molecule has 4 heteroatoms. The zero-order valence-electron chi connectivity index (χ0n) is 13.7. The molecule has 1 aromatic carbocycles. The Bertz CT molecular complexity index is 667. The highest BCUT2D eigenvalue weighted by Gasteiger charge is 2.22. The number of rotatable bonds is 2. The Morgan fingerprint density at radius 2 is 2.18 bits per heavy atom. The van der Waals surface area contributed by atoms with E-state index in [9.17, 15) is 0 Å². The van der Waals surface area contributed by atoms with Crippen LogP contribution in [-0.2, 0) is 13.1 Å². The van der Waals surface area contributed by atoms with Gasteiger partial charge in [0.1, 0.15) is 5.82 Å². The van der Waals surface area contributed by atoms with Crippen LogP contribution in [0.4, 0.5) is 0 Å². The molecule has 0 radical (unpaired) electrons. The molecule has 2 aliphatic rings. The van der Waals surface area contributed by atoms with Gasteiger partial charge in [-0.15, -0.1) is 0 Å². The first-order chi connectivity index (χ1) is 10.7. The van der Waals surface area contributed by atoms with Gasteiger partial charge in [-0.3, -0.25) is 4.90 Å². The van der Waals surface area contributed by atoms with Gasteiger partial charge in [0.05, 0.1) is 17.6 Å². The van der Waals surface area contributed by atoms with Crippen LogP contribution in [0.5, 0.6) is 0 Å². The van der Waals surface area contributed by atoms with E-state index >= 15 is 0 Å². The first-order valence-electron chi connectivity index (χ1n) is 8.69. The molecule has 4 nitrogen and oxygen atoms in total. The monoisotopic (exact) mass is 298 g/mol. The van der Waals surface area contributed by atoms with Crippen LogP contribution < -0.4 is 5.32 Å². The van der Waals surface area contributed by atoms with Crippen molar-refractivity contribution < 1.29 is 0 Å². The third kappa shape index (κ3) is 2.44. The van der Waals surface area contributed by atoms with Gasteiger partial charge in [0.15, 0.2) is 0 Å². The smallest absolute Gasteiger partial charge is 0.124 e. The van der Waals surface area contributed by atoms with E-state index in [-0.39, 0.29) is 0 Å². The fraction of sp³-hybridized carbons (Fsp3) is 0.611. The van der Waals surface area contributed by atoms with Crippen LogP contribution in [0.15, 0.2) is 18.2 Å². The van der Waals surface area contributed by atoms with E-state index in [1.54, 1.807) is 0 Å². The second kappa shape index (κ2) is 5.67. The van der Waals surface area contributed by atoms with E-state index in [1.165, 1.54) is 35.3 Å². The number of aromatic nitrogens is 2. The number of likely N-dealkylation sites (N-methyl/N-ethyl adjacent to an activating group) is 1. The summed E-state index contributed by atoms with van der Waals surface area (Å²) < 4.78 is 2.40. The minimum atomic E-state index is 0.506. The highest BCUT2D eigenvalue weighted by Crippen LogP contribution is 2.29. The van der Waals surface area contributed by atoms with E-state index in [0.29, 0.717) is 6.04 Å². The molecular formula is C18H26N4. The van der Waals surface area contributed by atoms with Crippen molar-refractivity contribution in [2.24, 2.45) is 5.92 Å². The predicted molar refractivity (Wildman–Crippen MR) is 89.8 cm³/mol. The number of hydrogen-bond acceptors (Lipinski definition) is 3. The van der Waals surface area contributed by atoms with Crippen LogP contribution in [0.3, 0.4) is 0 Å². The largest absolute Gasteiger partial charge is 0.326 e. The Hall–Kier alpha value is -1.39. The lowest BCUT2D eigenvalue weighted by molar-refractivity contribution is 0.230. The van der Waals surface area contributed by atoms with Crippen LogP contribution in [0.2, 0.25) is 0 Å². The number of piperidine rings is 1. The molecule has 3 heterocycles. The maximum Gasteiger partial charge on any atom is 0.124 e. The molecule has 0 bridgehead atoms. The Kier molecular flexibility index (Phi) is 3.66. The number of nitrogens with zero attached hydrogens (tertiary/aromatic N) is 3. The molecule has 118 valence electrons. The number of benzene rings is 1. The van der Waals surface area contributed by atoms with Crippen molar-refractivity contribution in [1.29, 1.82) is 0 Å². The molecule has 0 saturated carbocycles. The fourth-order valence-corrected chi connectivity index (χ4v) is 3.86. The van der Waals surface area contributed by atoms with Crippen molar-refractivity contribution in [2.45, 2.75) is 45.8 Å². The van der Waals surface area contributed by atoms with Crippen molar-refractivity contribution in [3.63, 3.8) is 0 Å². The highest BCUT2D eigenvalue weighted by molar-refractivity contribution is 5.77. The van der Waals surface area contributed by atoms with Crippen LogP contribution in [0.1, 0.15) is 44.1 Å². The minimum Gasteiger partial charge on any atom is -0.326 e. The third-order valence-electron chi connectivity index (χ3n) is 5.37. The maximum absolute atomic E-state index is 4.92. The summed E-state index contributed by atoms with van der Waals surface area (Å²) in [5.41, 5.74) is 3.88. The van der Waals surface area contributed by atoms with Crippen molar-refractivity contribution in [3.05, 3.63) is 29.6 Å². The lowest BCUT2D eigenvalue weighted by Gasteiger charge is -2.28. The van der Waals surface area contributed by atoms with Gasteiger partial charge in [-0.1, -0.05) is 19.9 Å². The van der Waals surface area contributed by atoms with Gasteiger partial charge >= 0.3 is 0 Å². The first-order valence-corrected chi connectivity index (χ1v) is 8.69. The summed E-state index contributed by atoms with van der Waals surface area (Å²) in [6.07, 6.45) is 2.56. The van der Waals surface area contributed by atoms with Crippen LogP contribution >= 0.6 is 0 Å². The Morgan fingerprint density at radius 1 is 1.27 bits per heavy atom. The Labute approximate surface area is 132 Å². The molecule has 2 aliphatic heterocycles. The number of hydrogen-bond donors (Lipinski definition) is 1. The molecule has 2 aromatic rings. The SMILES string of the molecule is CCN1CCn2c(nc3cc(C4CC[C@H](C)CN4)ccc32)C1. The maximum atomic E-state index is 4.92. The average Bonchev–Trinajstić information content (AvgIpc) is 2.92. The lowest BCUT2D eigenvalue weighted by Crippen LogP contribution is -2.33. The summed E-state index contributed by atoms with van der Waals surface area (Å²) in [5.74, 6) is 2.03. The van der Waals surface area contributed by atoms with Crippen molar-refractivity contribution in [1.82, 2.24) is 19.8 Å². The van der Waals surface area contributed by atoms with Crippen LogP contribution in [0, 0.1) is 5.92 Å². The Morgan fingerprint density at radius 3 is 2.95 bits per heavy atom. The van der Waals surface area contributed by atoms with Crippen molar-refractivity contribution in [3.8, 4) is 0 Å². The van der Waals surface area contributed by atoms with Crippen molar-refractivity contribution in [2.75, 3.05) is 19.6 Å². The van der Waals surface area contributed by atoms with Gasteiger partial charge in [0, 0.05) is 19.1 Å². The zero-order valence-corrected chi connectivity index (χ0v) is 13.7. The summed E-state index contributed by atoms with van der Waals surface area (Å²) in [7, 11) is 0. The molecule has 1 aromatic heterocycles. The molecule has 0 spiro atoms. The number of imidazole rings is 1. The van der Waals surface area contributed by atoms with Gasteiger partial charge in [-0.05, 0) is 49.5 Å². The van der Waals surface area contributed by atoms with Crippen LogP contribution in [0.25, 0.3) is 11.0 Å². The molecule has 1 fully saturated rings. The van der Waals surface area contributed by atoms with Gasteiger partial charge in [-0.25, -0.2) is 4.98 Å². The molecule has 22 heavy (non-hydrogen) atoms. The van der Waals surface area contributed by atoms with Gasteiger partial charge in [0.25, 0.3) is 0 Å².